The summed E-state index contributed by atoms with van der Waals surface area (Å²) in [5.74, 6) is -1.56. The molecule has 3 amide bonds. The first-order valence-electron chi connectivity index (χ1n) is 9.08. The molecule has 0 aliphatic carbocycles. The number of sulfonamides is 1. The SMILES string of the molecule is CC(C)NC(=O)NC(=O)COC(=O)c1ccc(S(=O)(=O)N2CCCCC2)cc1. The molecular formula is C18H25N3O6S. The molecule has 1 fully saturated rings. The fourth-order valence-corrected chi connectivity index (χ4v) is 4.21. The molecule has 9 nitrogen and oxygen atoms in total. The average molecular weight is 411 g/mol. The largest absolute Gasteiger partial charge is 0.452 e. The lowest BCUT2D eigenvalue weighted by Gasteiger charge is -2.25. The minimum Gasteiger partial charge on any atom is -0.452 e. The van der Waals surface area contributed by atoms with E-state index in [2.05, 4.69) is 5.32 Å². The van der Waals surface area contributed by atoms with Crippen molar-refractivity contribution in [1.29, 1.82) is 0 Å². The molecule has 154 valence electrons. The van der Waals surface area contributed by atoms with Crippen LogP contribution >= 0.6 is 0 Å². The van der Waals surface area contributed by atoms with E-state index in [-0.39, 0.29) is 16.5 Å². The number of nitrogens with zero attached hydrogens (tertiary/aromatic N) is 1. The van der Waals surface area contributed by atoms with E-state index in [0.717, 1.165) is 19.3 Å². The number of ether oxygens (including phenoxy) is 1. The van der Waals surface area contributed by atoms with Crippen LogP contribution in [0.3, 0.4) is 0 Å². The molecule has 0 bridgehead atoms. The van der Waals surface area contributed by atoms with Crippen molar-refractivity contribution in [1.82, 2.24) is 14.9 Å². The summed E-state index contributed by atoms with van der Waals surface area (Å²) < 4.78 is 31.5. The van der Waals surface area contributed by atoms with E-state index < -0.39 is 34.5 Å². The van der Waals surface area contributed by atoms with Crippen LogP contribution in [0, 0.1) is 0 Å². The van der Waals surface area contributed by atoms with E-state index in [1.54, 1.807) is 13.8 Å². The normalized spacial score (nSPS) is 15.1. The molecule has 0 atom stereocenters. The number of rotatable bonds is 6. The molecule has 28 heavy (non-hydrogen) atoms. The summed E-state index contributed by atoms with van der Waals surface area (Å²) in [5, 5.41) is 4.50. The van der Waals surface area contributed by atoms with Crippen molar-refractivity contribution in [3.8, 4) is 0 Å². The summed E-state index contributed by atoms with van der Waals surface area (Å²) in [6.07, 6.45) is 2.69. The van der Waals surface area contributed by atoms with E-state index in [0.29, 0.717) is 13.1 Å². The van der Waals surface area contributed by atoms with Crippen molar-refractivity contribution in [2.24, 2.45) is 0 Å². The summed E-state index contributed by atoms with van der Waals surface area (Å²) in [5.41, 5.74) is 0.108. The maximum Gasteiger partial charge on any atom is 0.338 e. The molecule has 1 saturated heterocycles. The topological polar surface area (TPSA) is 122 Å². The maximum absolute atomic E-state index is 12.6. The summed E-state index contributed by atoms with van der Waals surface area (Å²) in [4.78, 5) is 35.1. The van der Waals surface area contributed by atoms with Crippen LogP contribution in [0.25, 0.3) is 0 Å². The molecule has 10 heteroatoms. The summed E-state index contributed by atoms with van der Waals surface area (Å²) in [6, 6.07) is 4.54. The van der Waals surface area contributed by atoms with E-state index in [1.807, 2.05) is 5.32 Å². The monoisotopic (exact) mass is 411 g/mol. The Hall–Kier alpha value is -2.46. The number of nitrogens with one attached hydrogen (secondary N) is 2. The van der Waals surface area contributed by atoms with Gasteiger partial charge in [0.25, 0.3) is 5.91 Å². The molecule has 1 aliphatic heterocycles. The van der Waals surface area contributed by atoms with Crippen LogP contribution in [0.15, 0.2) is 29.2 Å². The molecule has 0 saturated carbocycles. The van der Waals surface area contributed by atoms with Crippen molar-refractivity contribution >= 4 is 27.9 Å². The molecule has 0 aromatic heterocycles. The van der Waals surface area contributed by atoms with Crippen molar-refractivity contribution in [3.05, 3.63) is 29.8 Å². The lowest BCUT2D eigenvalue weighted by molar-refractivity contribution is -0.123. The zero-order valence-corrected chi connectivity index (χ0v) is 16.8. The molecule has 2 rings (SSSR count). The quantitative estimate of drug-likeness (QED) is 0.680. The second-order valence-electron chi connectivity index (χ2n) is 6.74. The van der Waals surface area contributed by atoms with E-state index in [4.69, 9.17) is 4.74 Å². The van der Waals surface area contributed by atoms with E-state index in [1.165, 1.54) is 28.6 Å². The highest BCUT2D eigenvalue weighted by Crippen LogP contribution is 2.21. The highest BCUT2D eigenvalue weighted by atomic mass is 32.2. The fourth-order valence-electron chi connectivity index (χ4n) is 2.69. The predicted octanol–water partition coefficient (Wildman–Crippen LogP) is 1.25. The molecule has 0 unspecified atom stereocenters. The molecule has 0 spiro atoms. The van der Waals surface area contributed by atoms with Gasteiger partial charge >= 0.3 is 12.0 Å². The van der Waals surface area contributed by atoms with Gasteiger partial charge in [-0.25, -0.2) is 18.0 Å². The molecule has 1 aromatic carbocycles. The lowest BCUT2D eigenvalue weighted by atomic mass is 10.2. The number of urea groups is 1. The van der Waals surface area contributed by atoms with Gasteiger partial charge in [-0.2, -0.15) is 4.31 Å². The number of carbonyl (C=O) groups excluding carboxylic acids is 3. The highest BCUT2D eigenvalue weighted by molar-refractivity contribution is 7.89. The van der Waals surface area contributed by atoms with Gasteiger partial charge in [-0.3, -0.25) is 10.1 Å². The molecule has 1 aromatic rings. The Morgan fingerprint density at radius 1 is 1.07 bits per heavy atom. The maximum atomic E-state index is 12.6. The highest BCUT2D eigenvalue weighted by Gasteiger charge is 2.26. The van der Waals surface area contributed by atoms with Gasteiger partial charge in [0.1, 0.15) is 0 Å². The van der Waals surface area contributed by atoms with Gasteiger partial charge in [-0.15, -0.1) is 0 Å². The Morgan fingerprint density at radius 2 is 1.68 bits per heavy atom. The summed E-state index contributed by atoms with van der Waals surface area (Å²) >= 11 is 0. The third-order valence-corrected chi connectivity index (χ3v) is 5.96. The van der Waals surface area contributed by atoms with Gasteiger partial charge < -0.3 is 10.1 Å². The predicted molar refractivity (Wildman–Crippen MR) is 101 cm³/mol. The Bertz CT molecular complexity index is 814. The minimum absolute atomic E-state index is 0.106. The number of hydrogen-bond donors (Lipinski definition) is 2. The Kier molecular flexibility index (Phi) is 7.53. The van der Waals surface area contributed by atoms with Gasteiger partial charge in [-0.1, -0.05) is 6.42 Å². The second kappa shape index (κ2) is 9.65. The number of esters is 1. The first-order chi connectivity index (χ1) is 13.2. The number of amides is 3. The first kappa shape index (κ1) is 21.8. The third kappa shape index (κ3) is 6.03. The molecule has 0 radical (unpaired) electrons. The van der Waals surface area contributed by atoms with Crippen molar-refractivity contribution in [3.63, 3.8) is 0 Å². The van der Waals surface area contributed by atoms with Gasteiger partial charge in [0.2, 0.25) is 10.0 Å². The number of imide groups is 1. The van der Waals surface area contributed by atoms with Crippen LogP contribution in [-0.4, -0.2) is 56.4 Å². The first-order valence-corrected chi connectivity index (χ1v) is 10.5. The van der Waals surface area contributed by atoms with Crippen molar-refractivity contribution in [2.75, 3.05) is 19.7 Å². The van der Waals surface area contributed by atoms with Crippen LogP contribution in [-0.2, 0) is 19.6 Å². The third-order valence-electron chi connectivity index (χ3n) is 4.05. The van der Waals surface area contributed by atoms with E-state index in [9.17, 15) is 22.8 Å². The van der Waals surface area contributed by atoms with Gasteiger partial charge in [0.15, 0.2) is 6.61 Å². The number of benzene rings is 1. The van der Waals surface area contributed by atoms with Gasteiger partial charge in [0.05, 0.1) is 10.5 Å². The summed E-state index contributed by atoms with van der Waals surface area (Å²) in [6.45, 7) is 3.83. The average Bonchev–Trinajstić information content (AvgIpc) is 2.66. The lowest BCUT2D eigenvalue weighted by Crippen LogP contribution is -2.44. The fraction of sp³-hybridized carbons (Fsp3) is 0.500. The second-order valence-corrected chi connectivity index (χ2v) is 8.68. The zero-order valence-electron chi connectivity index (χ0n) is 15.9. The Labute approximate surface area is 164 Å². The van der Waals surface area contributed by atoms with Crippen LogP contribution in [0.2, 0.25) is 0 Å². The minimum atomic E-state index is -3.58. The van der Waals surface area contributed by atoms with Gasteiger partial charge in [0, 0.05) is 19.1 Å². The number of hydrogen-bond acceptors (Lipinski definition) is 6. The van der Waals surface area contributed by atoms with Crippen LogP contribution < -0.4 is 10.6 Å². The molecule has 1 aliphatic rings. The standard InChI is InChI=1S/C18H25N3O6S/c1-13(2)19-18(24)20-16(22)12-27-17(23)14-6-8-15(9-7-14)28(25,26)21-10-4-3-5-11-21/h6-9,13H,3-5,10-12H2,1-2H3,(H2,19,20,22,24). The Morgan fingerprint density at radius 3 is 2.25 bits per heavy atom. The summed E-state index contributed by atoms with van der Waals surface area (Å²) in [7, 11) is -3.58. The van der Waals surface area contributed by atoms with Crippen LogP contribution in [0.4, 0.5) is 4.79 Å². The van der Waals surface area contributed by atoms with Crippen LogP contribution in [0.5, 0.6) is 0 Å². The van der Waals surface area contributed by atoms with Crippen LogP contribution in [0.1, 0.15) is 43.5 Å². The van der Waals surface area contributed by atoms with Crippen molar-refractivity contribution < 1.29 is 27.5 Å². The zero-order chi connectivity index (χ0) is 20.7. The smallest absolute Gasteiger partial charge is 0.338 e. The number of piperidine rings is 1. The molecule has 1 heterocycles. The van der Waals surface area contributed by atoms with E-state index >= 15 is 0 Å². The Balaban J connectivity index is 1.91. The number of carbonyl (C=O) groups is 3. The van der Waals surface area contributed by atoms with Gasteiger partial charge in [-0.05, 0) is 51.0 Å². The molecular weight excluding hydrogens is 386 g/mol. The molecule has 2 N–H and O–H groups in total. The van der Waals surface area contributed by atoms with Crippen molar-refractivity contribution in [2.45, 2.75) is 44.0 Å².